The third-order valence-corrected chi connectivity index (χ3v) is 8.60. The molecule has 0 fully saturated rings. The lowest BCUT2D eigenvalue weighted by atomic mass is 9.97. The van der Waals surface area contributed by atoms with E-state index in [4.69, 9.17) is 16.3 Å². The van der Waals surface area contributed by atoms with Crippen molar-refractivity contribution in [1.82, 2.24) is 5.43 Å². The van der Waals surface area contributed by atoms with Gasteiger partial charge in [-0.1, -0.05) is 77.8 Å². The molecular formula is C31H26ClN3O4S. The first-order chi connectivity index (χ1) is 19.3. The summed E-state index contributed by atoms with van der Waals surface area (Å²) < 4.78 is 33.5. The zero-order chi connectivity index (χ0) is 28.3. The maximum absolute atomic E-state index is 13.7. The summed E-state index contributed by atoms with van der Waals surface area (Å²) in [5.74, 6) is -0.238. The Hall–Kier alpha value is -4.40. The number of sulfonamides is 1. The number of anilines is 1. The number of methoxy groups -OCH3 is 1. The molecule has 0 heterocycles. The van der Waals surface area contributed by atoms with Crippen LogP contribution in [-0.2, 0) is 14.8 Å². The number of hydrazone groups is 1. The Morgan fingerprint density at radius 1 is 0.925 bits per heavy atom. The highest BCUT2D eigenvalue weighted by molar-refractivity contribution is 7.92. The average molecular weight is 572 g/mol. The number of fused-ring (bicyclic) bond motifs is 2. The number of nitrogens with zero attached hydrogens (tertiary/aromatic N) is 2. The van der Waals surface area contributed by atoms with Gasteiger partial charge in [0.1, 0.15) is 12.3 Å². The number of hydrogen-bond acceptors (Lipinski definition) is 5. The number of carbonyl (C=O) groups is 1. The molecule has 40 heavy (non-hydrogen) atoms. The van der Waals surface area contributed by atoms with Crippen LogP contribution in [0, 0.1) is 6.92 Å². The van der Waals surface area contributed by atoms with Crippen LogP contribution in [0.5, 0.6) is 5.75 Å². The lowest BCUT2D eigenvalue weighted by Gasteiger charge is -2.24. The Morgan fingerprint density at radius 3 is 2.15 bits per heavy atom. The maximum Gasteiger partial charge on any atom is 0.264 e. The van der Waals surface area contributed by atoms with Gasteiger partial charge in [0.15, 0.2) is 0 Å². The number of benzene rings is 5. The molecule has 5 rings (SSSR count). The highest BCUT2D eigenvalue weighted by Crippen LogP contribution is 2.32. The number of nitrogens with one attached hydrogen (secondary N) is 1. The van der Waals surface area contributed by atoms with Crippen LogP contribution in [0.25, 0.3) is 21.5 Å². The molecule has 5 aromatic rings. The molecule has 0 aliphatic rings. The van der Waals surface area contributed by atoms with E-state index in [1.807, 2.05) is 55.5 Å². The molecule has 0 bridgehead atoms. The maximum atomic E-state index is 13.7. The lowest BCUT2D eigenvalue weighted by molar-refractivity contribution is -0.119. The molecule has 0 saturated carbocycles. The molecule has 9 heteroatoms. The summed E-state index contributed by atoms with van der Waals surface area (Å²) in [6.45, 7) is 1.34. The number of hydrogen-bond donors (Lipinski definition) is 1. The summed E-state index contributed by atoms with van der Waals surface area (Å²) in [5.41, 5.74) is 4.47. The van der Waals surface area contributed by atoms with Gasteiger partial charge in [-0.3, -0.25) is 9.10 Å². The Balaban J connectivity index is 1.46. The molecule has 0 aliphatic carbocycles. The normalized spacial score (nSPS) is 11.7. The molecule has 0 spiro atoms. The molecule has 1 N–H and O–H groups in total. The predicted molar refractivity (Wildman–Crippen MR) is 161 cm³/mol. The first-order valence-corrected chi connectivity index (χ1v) is 14.2. The first-order valence-electron chi connectivity index (χ1n) is 12.4. The van der Waals surface area contributed by atoms with Crippen molar-refractivity contribution >= 4 is 61.0 Å². The minimum absolute atomic E-state index is 0.0450. The second-order valence-electron chi connectivity index (χ2n) is 9.17. The van der Waals surface area contributed by atoms with E-state index in [0.29, 0.717) is 5.75 Å². The fourth-order valence-corrected chi connectivity index (χ4v) is 6.15. The predicted octanol–water partition coefficient (Wildman–Crippen LogP) is 6.31. The smallest absolute Gasteiger partial charge is 0.264 e. The Morgan fingerprint density at radius 2 is 1.55 bits per heavy atom. The summed E-state index contributed by atoms with van der Waals surface area (Å²) in [5, 5.41) is 8.47. The van der Waals surface area contributed by atoms with E-state index in [1.54, 1.807) is 24.4 Å². The van der Waals surface area contributed by atoms with Crippen molar-refractivity contribution in [3.63, 3.8) is 0 Å². The van der Waals surface area contributed by atoms with Crippen molar-refractivity contribution < 1.29 is 17.9 Å². The van der Waals surface area contributed by atoms with Crippen LogP contribution in [0.1, 0.15) is 11.1 Å². The molecule has 0 radical (unpaired) electrons. The van der Waals surface area contributed by atoms with Gasteiger partial charge in [0.2, 0.25) is 0 Å². The van der Waals surface area contributed by atoms with E-state index in [1.165, 1.54) is 31.4 Å². The van der Waals surface area contributed by atoms with Crippen molar-refractivity contribution in [1.29, 1.82) is 0 Å². The van der Waals surface area contributed by atoms with Gasteiger partial charge < -0.3 is 4.74 Å². The zero-order valence-electron chi connectivity index (χ0n) is 21.8. The quantitative estimate of drug-likeness (QED) is 0.134. The van der Waals surface area contributed by atoms with Crippen molar-refractivity contribution in [2.24, 2.45) is 5.10 Å². The first kappa shape index (κ1) is 27.2. The summed E-state index contributed by atoms with van der Waals surface area (Å²) in [6, 6.07) is 28.9. The molecule has 1 amide bonds. The van der Waals surface area contributed by atoms with Crippen LogP contribution in [0.2, 0.25) is 5.02 Å². The van der Waals surface area contributed by atoms with Crippen molar-refractivity contribution in [3.05, 3.63) is 113 Å². The second-order valence-corrected chi connectivity index (χ2v) is 11.4. The summed E-state index contributed by atoms with van der Waals surface area (Å²) in [4.78, 5) is 13.1. The largest absolute Gasteiger partial charge is 0.495 e. The molecule has 0 aliphatic heterocycles. The lowest BCUT2D eigenvalue weighted by Crippen LogP contribution is -2.39. The van der Waals surface area contributed by atoms with Gasteiger partial charge in [-0.15, -0.1) is 0 Å². The molecule has 5 aromatic carbocycles. The van der Waals surface area contributed by atoms with Crippen LogP contribution < -0.4 is 14.5 Å². The van der Waals surface area contributed by atoms with Crippen molar-refractivity contribution in [2.75, 3.05) is 18.0 Å². The van der Waals surface area contributed by atoms with Crippen LogP contribution in [0.4, 0.5) is 5.69 Å². The number of amides is 1. The standard InChI is InChI=1S/C31H26ClN3O4S/c1-21-11-14-25(15-12-21)40(37,38)35(24-13-16-30(39-2)29(32)18-24)20-31(36)34-33-19-28-26-9-5-3-7-22(26)17-23-8-4-6-10-27(23)28/h3-19H,20H2,1-2H3,(H,34,36)/b33-19+. The summed E-state index contributed by atoms with van der Waals surface area (Å²) in [7, 11) is -2.65. The molecule has 7 nitrogen and oxygen atoms in total. The van der Waals surface area contributed by atoms with E-state index in [-0.39, 0.29) is 15.6 Å². The molecule has 0 aromatic heterocycles. The van der Waals surface area contributed by atoms with Crippen LogP contribution in [-0.4, -0.2) is 34.2 Å². The second kappa shape index (κ2) is 11.4. The number of carbonyl (C=O) groups excluding carboxylic acids is 1. The van der Waals surface area contributed by atoms with Gasteiger partial charge in [0.25, 0.3) is 15.9 Å². The van der Waals surface area contributed by atoms with Gasteiger partial charge in [-0.2, -0.15) is 5.10 Å². The number of rotatable bonds is 8. The zero-order valence-corrected chi connectivity index (χ0v) is 23.4. The number of ether oxygens (including phenoxy) is 1. The van der Waals surface area contributed by atoms with E-state index in [9.17, 15) is 13.2 Å². The van der Waals surface area contributed by atoms with Gasteiger partial charge in [0, 0.05) is 5.56 Å². The number of halogens is 1. The van der Waals surface area contributed by atoms with E-state index in [2.05, 4.69) is 16.6 Å². The average Bonchev–Trinajstić information content (AvgIpc) is 2.95. The molecule has 0 unspecified atom stereocenters. The molecule has 0 atom stereocenters. The van der Waals surface area contributed by atoms with E-state index < -0.39 is 22.5 Å². The van der Waals surface area contributed by atoms with Gasteiger partial charge in [0.05, 0.1) is 28.9 Å². The van der Waals surface area contributed by atoms with Gasteiger partial charge in [-0.05, 0) is 64.9 Å². The Labute approximate surface area is 237 Å². The number of aryl methyl sites for hydroxylation is 1. The molecule has 0 saturated heterocycles. The third kappa shape index (κ3) is 5.50. The fourth-order valence-electron chi connectivity index (χ4n) is 4.49. The Bertz CT molecular complexity index is 1800. The molecular weight excluding hydrogens is 546 g/mol. The summed E-state index contributed by atoms with van der Waals surface area (Å²) >= 11 is 6.30. The topological polar surface area (TPSA) is 88.1 Å². The van der Waals surface area contributed by atoms with Gasteiger partial charge in [-0.25, -0.2) is 13.8 Å². The third-order valence-electron chi connectivity index (χ3n) is 6.52. The minimum atomic E-state index is -4.12. The summed E-state index contributed by atoms with van der Waals surface area (Å²) in [6.07, 6.45) is 1.59. The van der Waals surface area contributed by atoms with Crippen LogP contribution in [0.3, 0.4) is 0 Å². The van der Waals surface area contributed by atoms with Crippen molar-refractivity contribution in [2.45, 2.75) is 11.8 Å². The van der Waals surface area contributed by atoms with Gasteiger partial charge >= 0.3 is 0 Å². The van der Waals surface area contributed by atoms with E-state index >= 15 is 0 Å². The molecule has 202 valence electrons. The highest BCUT2D eigenvalue weighted by atomic mass is 35.5. The minimum Gasteiger partial charge on any atom is -0.495 e. The van der Waals surface area contributed by atoms with Crippen LogP contribution >= 0.6 is 11.6 Å². The SMILES string of the molecule is COc1ccc(N(CC(=O)N/N=C/c2c3ccccc3cc3ccccc23)S(=O)(=O)c2ccc(C)cc2)cc1Cl. The van der Waals surface area contributed by atoms with Crippen LogP contribution in [0.15, 0.2) is 107 Å². The fraction of sp³-hybridized carbons (Fsp3) is 0.0968. The monoisotopic (exact) mass is 571 g/mol. The Kier molecular flexibility index (Phi) is 7.73. The van der Waals surface area contributed by atoms with E-state index in [0.717, 1.165) is 37.0 Å². The highest BCUT2D eigenvalue weighted by Gasteiger charge is 2.28. The van der Waals surface area contributed by atoms with Crippen molar-refractivity contribution in [3.8, 4) is 5.75 Å².